The first-order valence-corrected chi connectivity index (χ1v) is 10.9. The molecule has 160 valence electrons. The van der Waals surface area contributed by atoms with Gasteiger partial charge in [-0.15, -0.1) is 0 Å². The fourth-order valence-corrected chi connectivity index (χ4v) is 4.98. The van der Waals surface area contributed by atoms with Gasteiger partial charge in [-0.25, -0.2) is 13.3 Å². The summed E-state index contributed by atoms with van der Waals surface area (Å²) in [6.45, 7) is 2.13. The van der Waals surface area contributed by atoms with Gasteiger partial charge in [-0.05, 0) is 47.5 Å². The second-order valence-corrected chi connectivity index (χ2v) is 8.53. The Bertz CT molecular complexity index is 1690. The number of aromatic nitrogens is 2. The van der Waals surface area contributed by atoms with Crippen LogP contribution in [0.25, 0.3) is 49.5 Å². The smallest absolute Gasteiger partial charge is 0.222 e. The summed E-state index contributed by atoms with van der Waals surface area (Å²) >= 11 is 0. The number of fused-ring (bicyclic) bond motifs is 4. The lowest BCUT2D eigenvalue weighted by atomic mass is 9.96. The molecule has 2 aromatic heterocycles. The van der Waals surface area contributed by atoms with Crippen LogP contribution in [-0.2, 0) is 7.05 Å². The van der Waals surface area contributed by atoms with Crippen LogP contribution in [0.5, 0.6) is 0 Å². The number of hydrogen-bond acceptors (Lipinski definition) is 0. The van der Waals surface area contributed by atoms with E-state index in [0.29, 0.717) is 5.69 Å². The van der Waals surface area contributed by atoms with E-state index in [1.54, 1.807) is 0 Å². The summed E-state index contributed by atoms with van der Waals surface area (Å²) in [4.78, 5) is 0. The number of pyridine rings is 1. The molecule has 0 unspecified atom stereocenters. The van der Waals surface area contributed by atoms with E-state index in [1.165, 1.54) is 28.5 Å². The number of benzene rings is 4. The molecule has 2 nitrogen and oxygen atoms in total. The lowest BCUT2D eigenvalue weighted by Gasteiger charge is -2.10. The molecule has 0 saturated heterocycles. The van der Waals surface area contributed by atoms with E-state index < -0.39 is 11.6 Å². The number of para-hydroxylation sites is 1. The molecule has 0 aliphatic rings. The van der Waals surface area contributed by atoms with Crippen molar-refractivity contribution in [1.29, 1.82) is 0 Å². The number of aryl methyl sites for hydroxylation is 2. The van der Waals surface area contributed by atoms with E-state index >= 15 is 0 Å². The molecule has 6 aromatic rings. The average molecular weight is 435 g/mol. The van der Waals surface area contributed by atoms with Gasteiger partial charge in [0.15, 0.2) is 6.20 Å². The second-order valence-electron chi connectivity index (χ2n) is 8.53. The van der Waals surface area contributed by atoms with Gasteiger partial charge in [-0.1, -0.05) is 48.5 Å². The van der Waals surface area contributed by atoms with Gasteiger partial charge < -0.3 is 4.57 Å². The summed E-state index contributed by atoms with van der Waals surface area (Å²) in [5.41, 5.74) is 5.65. The zero-order chi connectivity index (χ0) is 22.7. The minimum absolute atomic E-state index is 0.466. The Kier molecular flexibility index (Phi) is 4.31. The molecule has 33 heavy (non-hydrogen) atoms. The van der Waals surface area contributed by atoms with Crippen molar-refractivity contribution in [3.8, 4) is 16.9 Å². The summed E-state index contributed by atoms with van der Waals surface area (Å²) in [5, 5.41) is 4.46. The molecule has 0 spiro atoms. The molecule has 0 radical (unpaired) electrons. The Balaban J connectivity index is 1.78. The lowest BCUT2D eigenvalue weighted by Crippen LogP contribution is -2.30. The maximum Gasteiger partial charge on any atom is 0.222 e. The van der Waals surface area contributed by atoms with Crippen LogP contribution in [0.3, 0.4) is 0 Å². The van der Waals surface area contributed by atoms with Gasteiger partial charge in [-0.3, -0.25) is 0 Å². The summed E-state index contributed by atoms with van der Waals surface area (Å²) in [5.74, 6) is -1.19. The summed E-state index contributed by atoms with van der Waals surface area (Å²) in [6.07, 6.45) is 2.01. The third kappa shape index (κ3) is 3.02. The molecule has 0 N–H and O–H groups in total. The fraction of sp³-hybridized carbons (Fsp3) is 0.0690. The highest BCUT2D eigenvalue weighted by Gasteiger charge is 2.24. The molecule has 0 aliphatic carbocycles. The molecule has 6 rings (SSSR count). The first kappa shape index (κ1) is 19.6. The minimum atomic E-state index is -0.594. The summed E-state index contributed by atoms with van der Waals surface area (Å²) in [6, 6.07) is 26.5. The Morgan fingerprint density at radius 3 is 2.15 bits per heavy atom. The maximum absolute atomic E-state index is 14.2. The van der Waals surface area contributed by atoms with Crippen LogP contribution in [0.2, 0.25) is 0 Å². The number of halogens is 2. The highest BCUT2D eigenvalue weighted by molar-refractivity contribution is 6.14. The van der Waals surface area contributed by atoms with Crippen LogP contribution in [0.15, 0.2) is 91.1 Å². The predicted octanol–water partition coefficient (Wildman–Crippen LogP) is 7.02. The zero-order valence-corrected chi connectivity index (χ0v) is 18.3. The Labute approximate surface area is 190 Å². The van der Waals surface area contributed by atoms with Crippen molar-refractivity contribution < 1.29 is 13.3 Å². The van der Waals surface area contributed by atoms with Crippen LogP contribution in [0.4, 0.5) is 8.78 Å². The van der Waals surface area contributed by atoms with Crippen LogP contribution in [0.1, 0.15) is 5.56 Å². The molecule has 0 aliphatic heterocycles. The molecule has 0 bridgehead atoms. The van der Waals surface area contributed by atoms with Crippen LogP contribution in [-0.4, -0.2) is 4.57 Å². The fourth-order valence-electron chi connectivity index (χ4n) is 4.98. The maximum atomic E-state index is 14.2. The van der Waals surface area contributed by atoms with Gasteiger partial charge in [0.05, 0.1) is 27.7 Å². The number of rotatable bonds is 2. The molecule has 0 amide bonds. The molecule has 4 aromatic carbocycles. The van der Waals surface area contributed by atoms with Crippen LogP contribution in [0, 0.1) is 18.6 Å². The lowest BCUT2D eigenvalue weighted by molar-refractivity contribution is -0.659. The normalized spacial score (nSPS) is 11.6. The quantitative estimate of drug-likeness (QED) is 0.259. The van der Waals surface area contributed by atoms with Gasteiger partial charge in [0.25, 0.3) is 0 Å². The van der Waals surface area contributed by atoms with E-state index in [0.717, 1.165) is 39.1 Å². The largest absolute Gasteiger partial charge is 0.309 e. The van der Waals surface area contributed by atoms with Crippen molar-refractivity contribution in [1.82, 2.24) is 4.57 Å². The molecular weight excluding hydrogens is 414 g/mol. The van der Waals surface area contributed by atoms with Gasteiger partial charge in [-0.2, -0.15) is 0 Å². The topological polar surface area (TPSA) is 8.81 Å². The van der Waals surface area contributed by atoms with E-state index in [1.807, 2.05) is 54.2 Å². The van der Waals surface area contributed by atoms with Gasteiger partial charge in [0, 0.05) is 17.5 Å². The van der Waals surface area contributed by atoms with Crippen LogP contribution >= 0.6 is 0 Å². The van der Waals surface area contributed by atoms with E-state index in [4.69, 9.17) is 0 Å². The first-order valence-electron chi connectivity index (χ1n) is 10.9. The van der Waals surface area contributed by atoms with E-state index in [-0.39, 0.29) is 0 Å². The standard InChI is InChI=1S/C29H21F2N2/c1-18-13-19-7-3-4-8-20(19)14-25(18)29-28-24-9-5-6-10-26(24)33(27(28)11-12-32(29)2)23-16-21(30)15-22(31)17-23/h3-17H,1-2H3/q+1. The van der Waals surface area contributed by atoms with Gasteiger partial charge >= 0.3 is 0 Å². The monoisotopic (exact) mass is 435 g/mol. The summed E-state index contributed by atoms with van der Waals surface area (Å²) in [7, 11) is 2.04. The second kappa shape index (κ2) is 7.24. The SMILES string of the molecule is Cc1cc2ccccc2cc1-c1c2c3ccccc3n(-c3cc(F)cc(F)c3)c2cc[n+]1C. The molecule has 0 atom stereocenters. The average Bonchev–Trinajstić information content (AvgIpc) is 3.13. The number of nitrogens with zero attached hydrogens (tertiary/aromatic N) is 2. The Morgan fingerprint density at radius 2 is 1.39 bits per heavy atom. The van der Waals surface area contributed by atoms with E-state index in [2.05, 4.69) is 41.8 Å². The molecule has 4 heteroatoms. The van der Waals surface area contributed by atoms with Crippen molar-refractivity contribution in [3.63, 3.8) is 0 Å². The Morgan fingerprint density at radius 1 is 0.727 bits per heavy atom. The molecule has 0 fully saturated rings. The Hall–Kier alpha value is -4.05. The zero-order valence-electron chi connectivity index (χ0n) is 18.3. The molecule has 0 saturated carbocycles. The van der Waals surface area contributed by atoms with Gasteiger partial charge in [0.2, 0.25) is 5.69 Å². The predicted molar refractivity (Wildman–Crippen MR) is 130 cm³/mol. The third-order valence-electron chi connectivity index (χ3n) is 6.41. The molecular formula is C29H21F2N2+. The van der Waals surface area contributed by atoms with Crippen molar-refractivity contribution in [2.75, 3.05) is 0 Å². The van der Waals surface area contributed by atoms with Crippen molar-refractivity contribution in [2.24, 2.45) is 7.05 Å². The third-order valence-corrected chi connectivity index (χ3v) is 6.41. The van der Waals surface area contributed by atoms with Crippen LogP contribution < -0.4 is 4.57 Å². The highest BCUT2D eigenvalue weighted by atomic mass is 19.1. The minimum Gasteiger partial charge on any atom is -0.309 e. The van der Waals surface area contributed by atoms with Crippen molar-refractivity contribution in [2.45, 2.75) is 6.92 Å². The molecule has 2 heterocycles. The van der Waals surface area contributed by atoms with Crippen molar-refractivity contribution >= 4 is 32.6 Å². The summed E-state index contributed by atoms with van der Waals surface area (Å²) < 4.78 is 32.4. The van der Waals surface area contributed by atoms with Gasteiger partial charge in [0.1, 0.15) is 18.7 Å². The van der Waals surface area contributed by atoms with E-state index in [9.17, 15) is 8.78 Å². The van der Waals surface area contributed by atoms with Crippen molar-refractivity contribution in [3.05, 3.63) is 108 Å². The highest BCUT2D eigenvalue weighted by Crippen LogP contribution is 2.38. The number of hydrogen-bond donors (Lipinski definition) is 0. The first-order chi connectivity index (χ1) is 16.0.